The van der Waals surface area contributed by atoms with Crippen LogP contribution in [0.2, 0.25) is 0 Å². The topological polar surface area (TPSA) is 34.2 Å². The van der Waals surface area contributed by atoms with Crippen LogP contribution in [0.25, 0.3) is 27.7 Å². The van der Waals surface area contributed by atoms with Crippen LogP contribution in [0, 0.1) is 20.8 Å². The second-order valence-corrected chi connectivity index (χ2v) is 8.02. The van der Waals surface area contributed by atoms with Crippen LogP contribution in [0.4, 0.5) is 0 Å². The number of hydrogen-bond donors (Lipinski definition) is 0. The van der Waals surface area contributed by atoms with Gasteiger partial charge in [-0.3, -0.25) is 0 Å². The molecule has 0 N–H and O–H groups in total. The number of fused-ring (bicyclic) bond motifs is 3. The summed E-state index contributed by atoms with van der Waals surface area (Å²) in [5.74, 6) is 0.867. The highest BCUT2D eigenvalue weighted by Gasteiger charge is 2.23. The summed E-state index contributed by atoms with van der Waals surface area (Å²) in [7, 11) is 2.21. The second kappa shape index (κ2) is 6.35. The van der Waals surface area contributed by atoms with Crippen molar-refractivity contribution in [1.29, 1.82) is 0 Å². The molecule has 28 heavy (non-hydrogen) atoms. The minimum absolute atomic E-state index is 0.867. The fourth-order valence-corrected chi connectivity index (χ4v) is 4.60. The number of likely N-dealkylation sites (N-methyl/N-ethyl adjacent to an activating group) is 1. The largest absolute Gasteiger partial charge is 0.361 e. The van der Waals surface area contributed by atoms with Crippen LogP contribution in [0.5, 0.6) is 0 Å². The van der Waals surface area contributed by atoms with Crippen molar-refractivity contribution in [1.82, 2.24) is 14.6 Å². The zero-order valence-corrected chi connectivity index (χ0v) is 16.9. The van der Waals surface area contributed by atoms with E-state index in [1.165, 1.54) is 33.4 Å². The van der Waals surface area contributed by atoms with Gasteiger partial charge in [0.15, 0.2) is 0 Å². The minimum Gasteiger partial charge on any atom is -0.361 e. The molecular weight excluding hydrogens is 346 g/mol. The van der Waals surface area contributed by atoms with Gasteiger partial charge in [-0.25, -0.2) is 0 Å². The number of benzene rings is 2. The van der Waals surface area contributed by atoms with E-state index < -0.39 is 0 Å². The van der Waals surface area contributed by atoms with Crippen molar-refractivity contribution in [2.45, 2.75) is 33.7 Å². The summed E-state index contributed by atoms with van der Waals surface area (Å²) in [5, 5.41) is 5.51. The highest BCUT2D eigenvalue weighted by Crippen LogP contribution is 2.35. The van der Waals surface area contributed by atoms with Crippen LogP contribution < -0.4 is 0 Å². The molecule has 0 fully saturated rings. The molecule has 4 heteroatoms. The van der Waals surface area contributed by atoms with E-state index in [9.17, 15) is 0 Å². The van der Waals surface area contributed by atoms with Gasteiger partial charge >= 0.3 is 0 Å². The summed E-state index contributed by atoms with van der Waals surface area (Å²) in [4.78, 5) is 2.41. The maximum absolute atomic E-state index is 5.40. The molecule has 0 amide bonds. The first-order valence-corrected chi connectivity index (χ1v) is 9.88. The Morgan fingerprint density at radius 2 is 1.89 bits per heavy atom. The van der Waals surface area contributed by atoms with Crippen molar-refractivity contribution in [2.75, 3.05) is 13.6 Å². The SMILES string of the molecule is Cc1ccc2c(c1)c1c(n2-c2cccc(-c3c(C)noc3C)c2)CCN(C)C1. The fourth-order valence-electron chi connectivity index (χ4n) is 4.60. The molecule has 1 aliphatic heterocycles. The van der Waals surface area contributed by atoms with Crippen LogP contribution in [0.3, 0.4) is 0 Å². The van der Waals surface area contributed by atoms with E-state index >= 15 is 0 Å². The van der Waals surface area contributed by atoms with E-state index in [0.717, 1.165) is 42.1 Å². The molecule has 2 aromatic heterocycles. The molecule has 3 heterocycles. The normalized spacial score (nSPS) is 14.6. The van der Waals surface area contributed by atoms with Crippen molar-refractivity contribution >= 4 is 10.9 Å². The highest BCUT2D eigenvalue weighted by molar-refractivity contribution is 5.88. The molecule has 4 aromatic rings. The molecule has 0 radical (unpaired) electrons. The molecule has 0 spiro atoms. The van der Waals surface area contributed by atoms with Gasteiger partial charge in [0.25, 0.3) is 0 Å². The maximum atomic E-state index is 5.40. The molecule has 142 valence electrons. The lowest BCUT2D eigenvalue weighted by Crippen LogP contribution is -2.27. The zero-order chi connectivity index (χ0) is 19.4. The number of aromatic nitrogens is 2. The smallest absolute Gasteiger partial charge is 0.141 e. The van der Waals surface area contributed by atoms with Gasteiger partial charge in [-0.2, -0.15) is 0 Å². The quantitative estimate of drug-likeness (QED) is 0.486. The average Bonchev–Trinajstić information content (AvgIpc) is 3.18. The molecule has 4 nitrogen and oxygen atoms in total. The van der Waals surface area contributed by atoms with Crippen LogP contribution in [-0.2, 0) is 13.0 Å². The highest BCUT2D eigenvalue weighted by atomic mass is 16.5. The lowest BCUT2D eigenvalue weighted by Gasteiger charge is -2.24. The molecule has 1 aliphatic rings. The standard InChI is InChI=1S/C24H25N3O/c1-15-8-9-22-20(12-15)21-14-26(4)11-10-23(21)27(22)19-7-5-6-18(13-19)24-16(2)25-28-17(24)3/h5-9,12-13H,10-11,14H2,1-4H3. The lowest BCUT2D eigenvalue weighted by molar-refractivity contribution is 0.311. The van der Waals surface area contributed by atoms with E-state index in [1.54, 1.807) is 0 Å². The van der Waals surface area contributed by atoms with Crippen molar-refractivity contribution in [3.05, 3.63) is 70.7 Å². The van der Waals surface area contributed by atoms with Crippen molar-refractivity contribution in [3.8, 4) is 16.8 Å². The Hall–Kier alpha value is -2.85. The Labute approximate surface area is 165 Å². The number of rotatable bonds is 2. The van der Waals surface area contributed by atoms with E-state index in [4.69, 9.17) is 4.52 Å². The van der Waals surface area contributed by atoms with Gasteiger partial charge in [0.2, 0.25) is 0 Å². The minimum atomic E-state index is 0.867. The van der Waals surface area contributed by atoms with E-state index in [-0.39, 0.29) is 0 Å². The van der Waals surface area contributed by atoms with Crippen molar-refractivity contribution < 1.29 is 4.52 Å². The third-order valence-corrected chi connectivity index (χ3v) is 5.92. The molecule has 0 aliphatic carbocycles. The Morgan fingerprint density at radius 1 is 1.04 bits per heavy atom. The van der Waals surface area contributed by atoms with Crippen LogP contribution in [0.1, 0.15) is 28.3 Å². The Bertz CT molecular complexity index is 1180. The third kappa shape index (κ3) is 2.60. The van der Waals surface area contributed by atoms with Crippen LogP contribution in [-0.4, -0.2) is 28.2 Å². The predicted molar refractivity (Wildman–Crippen MR) is 113 cm³/mol. The van der Waals surface area contributed by atoms with Crippen molar-refractivity contribution in [2.24, 2.45) is 0 Å². The molecule has 5 rings (SSSR count). The van der Waals surface area contributed by atoms with Gasteiger partial charge in [-0.15, -0.1) is 0 Å². The summed E-state index contributed by atoms with van der Waals surface area (Å²) in [6, 6.07) is 15.6. The Balaban J connectivity index is 1.76. The molecule has 2 aromatic carbocycles. The van der Waals surface area contributed by atoms with E-state index in [1.807, 2.05) is 13.8 Å². The Morgan fingerprint density at radius 3 is 2.68 bits per heavy atom. The molecule has 0 saturated carbocycles. The summed E-state index contributed by atoms with van der Waals surface area (Å²) in [5.41, 5.74) is 9.91. The summed E-state index contributed by atoms with van der Waals surface area (Å²) >= 11 is 0. The number of nitrogens with zero attached hydrogens (tertiary/aromatic N) is 3. The van der Waals surface area contributed by atoms with Gasteiger partial charge in [-0.05, 0) is 63.2 Å². The zero-order valence-electron chi connectivity index (χ0n) is 16.9. The summed E-state index contributed by atoms with van der Waals surface area (Å²) in [6.45, 7) is 8.25. The van der Waals surface area contributed by atoms with Gasteiger partial charge in [0.05, 0.1) is 11.2 Å². The molecule has 0 bridgehead atoms. The van der Waals surface area contributed by atoms with Gasteiger partial charge in [-0.1, -0.05) is 28.9 Å². The van der Waals surface area contributed by atoms with Crippen LogP contribution >= 0.6 is 0 Å². The van der Waals surface area contributed by atoms with Gasteiger partial charge in [0, 0.05) is 41.8 Å². The lowest BCUT2D eigenvalue weighted by atomic mass is 10.0. The fraction of sp³-hybridized carbons (Fsp3) is 0.292. The molecule has 0 unspecified atom stereocenters. The summed E-state index contributed by atoms with van der Waals surface area (Å²) < 4.78 is 7.86. The number of aryl methyl sites for hydroxylation is 3. The number of hydrogen-bond acceptors (Lipinski definition) is 3. The van der Waals surface area contributed by atoms with Gasteiger partial charge in [0.1, 0.15) is 5.76 Å². The third-order valence-electron chi connectivity index (χ3n) is 5.92. The van der Waals surface area contributed by atoms with Crippen molar-refractivity contribution in [3.63, 3.8) is 0 Å². The maximum Gasteiger partial charge on any atom is 0.141 e. The predicted octanol–water partition coefficient (Wildman–Crippen LogP) is 5.20. The first-order chi connectivity index (χ1) is 13.5. The molecule has 0 saturated heterocycles. The first-order valence-electron chi connectivity index (χ1n) is 9.88. The van der Waals surface area contributed by atoms with E-state index in [0.29, 0.717) is 0 Å². The monoisotopic (exact) mass is 371 g/mol. The van der Waals surface area contributed by atoms with Crippen LogP contribution in [0.15, 0.2) is 47.0 Å². The Kier molecular flexibility index (Phi) is 3.91. The van der Waals surface area contributed by atoms with Gasteiger partial charge < -0.3 is 14.0 Å². The second-order valence-electron chi connectivity index (χ2n) is 8.02. The van der Waals surface area contributed by atoms with E-state index in [2.05, 4.69) is 71.1 Å². The first kappa shape index (κ1) is 17.3. The summed E-state index contributed by atoms with van der Waals surface area (Å²) in [6.07, 6.45) is 1.06. The average molecular weight is 371 g/mol. The molecular formula is C24H25N3O. The molecule has 0 atom stereocenters.